The van der Waals surface area contributed by atoms with Gasteiger partial charge in [-0.25, -0.2) is 0 Å². The Balaban J connectivity index is 1.04. The van der Waals surface area contributed by atoms with Crippen LogP contribution < -0.4 is 10.6 Å². The lowest BCUT2D eigenvalue weighted by atomic mass is 9.67. The molecule has 7 nitrogen and oxygen atoms in total. The molecule has 8 heteroatoms. The van der Waals surface area contributed by atoms with Gasteiger partial charge in [-0.1, -0.05) is 29.6 Å². The van der Waals surface area contributed by atoms with Gasteiger partial charge in [0.2, 0.25) is 5.91 Å². The number of carbonyl (C=O) groups is 1. The number of carbonyl (C=O) groups excluding carboxylic acids is 1. The minimum absolute atomic E-state index is 0.0488. The van der Waals surface area contributed by atoms with Crippen LogP contribution in [0.3, 0.4) is 0 Å². The predicted molar refractivity (Wildman–Crippen MR) is 152 cm³/mol. The summed E-state index contributed by atoms with van der Waals surface area (Å²) in [6, 6.07) is 5.73. The fourth-order valence-electron chi connectivity index (χ4n) is 7.33. The van der Waals surface area contributed by atoms with Crippen molar-refractivity contribution in [2.75, 3.05) is 37.6 Å². The number of benzene rings is 1. The van der Waals surface area contributed by atoms with E-state index in [0.717, 1.165) is 94.0 Å². The Bertz CT molecular complexity index is 1050. The van der Waals surface area contributed by atoms with Gasteiger partial charge >= 0.3 is 0 Å². The van der Waals surface area contributed by atoms with Crippen molar-refractivity contribution >= 4 is 34.3 Å². The van der Waals surface area contributed by atoms with Gasteiger partial charge in [0.1, 0.15) is 0 Å². The Kier molecular flexibility index (Phi) is 9.17. The van der Waals surface area contributed by atoms with Crippen LogP contribution in [0.25, 0.3) is 11.0 Å². The number of piperazine rings is 1. The number of rotatable bonds is 9. The van der Waals surface area contributed by atoms with Crippen molar-refractivity contribution in [2.24, 2.45) is 29.4 Å². The van der Waals surface area contributed by atoms with E-state index >= 15 is 0 Å². The van der Waals surface area contributed by atoms with Crippen LogP contribution in [0.2, 0.25) is 5.02 Å². The van der Waals surface area contributed by atoms with Crippen LogP contribution in [0.4, 0.5) is 5.82 Å². The largest absolute Gasteiger partial charge is 0.376 e. The summed E-state index contributed by atoms with van der Waals surface area (Å²) < 4.78 is 11.5. The zero-order chi connectivity index (χ0) is 26.6. The van der Waals surface area contributed by atoms with Crippen LogP contribution in [0, 0.1) is 23.7 Å². The van der Waals surface area contributed by atoms with Crippen molar-refractivity contribution in [3.8, 4) is 0 Å². The molecule has 2 saturated carbocycles. The summed E-state index contributed by atoms with van der Waals surface area (Å²) in [5.41, 5.74) is 6.74. The van der Waals surface area contributed by atoms with E-state index in [2.05, 4.69) is 28.8 Å². The van der Waals surface area contributed by atoms with Crippen LogP contribution in [0.1, 0.15) is 71.6 Å². The lowest BCUT2D eigenvalue weighted by molar-refractivity contribution is -0.127. The van der Waals surface area contributed by atoms with Gasteiger partial charge < -0.3 is 19.9 Å². The molecule has 1 saturated heterocycles. The summed E-state index contributed by atoms with van der Waals surface area (Å²) in [6.45, 7) is 9.37. The highest BCUT2D eigenvalue weighted by Gasteiger charge is 2.38. The highest BCUT2D eigenvalue weighted by Crippen LogP contribution is 2.42. The number of fused-ring (bicyclic) bond motifs is 1. The lowest BCUT2D eigenvalue weighted by Crippen LogP contribution is -2.47. The number of ether oxygens (including phenoxy) is 1. The molecule has 2 aliphatic carbocycles. The van der Waals surface area contributed by atoms with Gasteiger partial charge in [-0.05, 0) is 95.2 Å². The second kappa shape index (κ2) is 12.6. The van der Waals surface area contributed by atoms with Crippen molar-refractivity contribution in [1.29, 1.82) is 0 Å². The zero-order valence-corrected chi connectivity index (χ0v) is 23.9. The Morgan fingerprint density at radius 1 is 1.05 bits per heavy atom. The van der Waals surface area contributed by atoms with Crippen LogP contribution >= 0.6 is 11.6 Å². The summed E-state index contributed by atoms with van der Waals surface area (Å²) in [4.78, 5) is 17.5. The number of nitrogens with two attached hydrogens (primary N) is 1. The van der Waals surface area contributed by atoms with Gasteiger partial charge in [0.05, 0.1) is 17.6 Å². The van der Waals surface area contributed by atoms with Gasteiger partial charge in [0, 0.05) is 43.2 Å². The van der Waals surface area contributed by atoms with Crippen molar-refractivity contribution in [1.82, 2.24) is 10.1 Å². The molecule has 0 spiro atoms. The molecule has 2 N–H and O–H groups in total. The monoisotopic (exact) mass is 544 g/mol. The number of hydrogen-bond acceptors (Lipinski definition) is 6. The number of primary amides is 1. The third-order valence-corrected chi connectivity index (χ3v) is 9.59. The number of amides is 1. The van der Waals surface area contributed by atoms with Crippen molar-refractivity contribution < 1.29 is 14.1 Å². The third kappa shape index (κ3) is 6.65. The van der Waals surface area contributed by atoms with E-state index in [4.69, 9.17) is 26.6 Å². The van der Waals surface area contributed by atoms with Gasteiger partial charge in [0.15, 0.2) is 11.4 Å². The maximum atomic E-state index is 12.5. The second-order valence-electron chi connectivity index (χ2n) is 12.2. The first kappa shape index (κ1) is 27.7. The summed E-state index contributed by atoms with van der Waals surface area (Å²) >= 11 is 6.09. The fraction of sp³-hybridized carbons (Fsp3) is 0.733. The fourth-order valence-corrected chi connectivity index (χ4v) is 7.49. The number of halogens is 1. The van der Waals surface area contributed by atoms with E-state index in [-0.39, 0.29) is 17.9 Å². The molecular weight excluding hydrogens is 500 g/mol. The number of hydrogen-bond donors (Lipinski definition) is 1. The predicted octanol–water partition coefficient (Wildman–Crippen LogP) is 5.89. The Morgan fingerprint density at radius 3 is 2.34 bits per heavy atom. The molecule has 1 unspecified atom stereocenters. The molecular formula is C30H45ClN4O3. The smallest absolute Gasteiger partial charge is 0.221 e. The number of anilines is 1. The average molecular weight is 545 g/mol. The maximum absolute atomic E-state index is 12.5. The lowest BCUT2D eigenvalue weighted by Gasteiger charge is -2.40. The van der Waals surface area contributed by atoms with Crippen LogP contribution in [0.5, 0.6) is 0 Å². The minimum atomic E-state index is -0.0671. The highest BCUT2D eigenvalue weighted by molar-refractivity contribution is 6.31. The highest BCUT2D eigenvalue weighted by atomic mass is 35.5. The van der Waals surface area contributed by atoms with Crippen molar-refractivity contribution in [3.05, 3.63) is 23.2 Å². The van der Waals surface area contributed by atoms with E-state index < -0.39 is 0 Å². The quantitative estimate of drug-likeness (QED) is 0.424. The van der Waals surface area contributed by atoms with Gasteiger partial charge in [-0.3, -0.25) is 9.69 Å². The average Bonchev–Trinajstić information content (AvgIpc) is 3.32. The Morgan fingerprint density at radius 2 is 1.71 bits per heavy atom. The van der Waals surface area contributed by atoms with Crippen LogP contribution in [-0.4, -0.2) is 60.9 Å². The standard InChI is InChI=1S/C30H45ClN4O3/c1-20(2)37-25-10-7-23(8-11-25)28(29(32)36)22-5-3-21(4-6-22)13-14-34-15-17-35(18-16-34)30-26-12-9-24(31)19-27(26)38-33-30/h9,12,19-23,25,28H,3-8,10-11,13-18H2,1-2H3,(H2,32,36). The summed E-state index contributed by atoms with van der Waals surface area (Å²) in [5, 5.41) is 6.02. The second-order valence-corrected chi connectivity index (χ2v) is 12.6. The molecule has 2 heterocycles. The number of aromatic nitrogens is 1. The topological polar surface area (TPSA) is 84.8 Å². The first-order valence-electron chi connectivity index (χ1n) is 14.8. The van der Waals surface area contributed by atoms with Crippen molar-refractivity contribution in [2.45, 2.75) is 83.8 Å². The van der Waals surface area contributed by atoms with Crippen LogP contribution in [-0.2, 0) is 9.53 Å². The molecule has 1 amide bonds. The van der Waals surface area contributed by atoms with E-state index in [9.17, 15) is 4.79 Å². The molecule has 1 aliphatic heterocycles. The Hall–Kier alpha value is -1.83. The minimum Gasteiger partial charge on any atom is -0.376 e. The number of nitrogens with zero attached hydrogens (tertiary/aromatic N) is 3. The molecule has 1 atom stereocenters. The van der Waals surface area contributed by atoms with E-state index in [0.29, 0.717) is 23.0 Å². The van der Waals surface area contributed by atoms with Gasteiger partial charge in [-0.2, -0.15) is 0 Å². The normalized spacial score (nSPS) is 28.2. The zero-order valence-electron chi connectivity index (χ0n) is 23.1. The maximum Gasteiger partial charge on any atom is 0.221 e. The van der Waals surface area contributed by atoms with E-state index in [1.54, 1.807) is 0 Å². The van der Waals surface area contributed by atoms with E-state index in [1.165, 1.54) is 19.3 Å². The molecule has 3 fully saturated rings. The molecule has 38 heavy (non-hydrogen) atoms. The van der Waals surface area contributed by atoms with Gasteiger partial charge in [0.25, 0.3) is 0 Å². The molecule has 2 aromatic rings. The first-order chi connectivity index (χ1) is 18.4. The third-order valence-electron chi connectivity index (χ3n) is 9.36. The van der Waals surface area contributed by atoms with Gasteiger partial charge in [-0.15, -0.1) is 0 Å². The molecule has 5 rings (SSSR count). The SMILES string of the molecule is CC(C)OC1CCC(C(C(N)=O)C2CCC(CCN3CCN(c4noc5cc(Cl)ccc45)CC3)CC2)CC1. The molecule has 0 radical (unpaired) electrons. The molecule has 1 aromatic heterocycles. The molecule has 210 valence electrons. The summed E-state index contributed by atoms with van der Waals surface area (Å²) in [5.74, 6) is 2.58. The molecule has 0 bridgehead atoms. The van der Waals surface area contributed by atoms with E-state index in [1.807, 2.05) is 18.2 Å². The van der Waals surface area contributed by atoms with Crippen molar-refractivity contribution in [3.63, 3.8) is 0 Å². The van der Waals surface area contributed by atoms with Crippen LogP contribution in [0.15, 0.2) is 22.7 Å². The Labute approximate surface area is 232 Å². The summed E-state index contributed by atoms with van der Waals surface area (Å²) in [7, 11) is 0. The molecule has 1 aromatic carbocycles. The molecule has 3 aliphatic rings. The first-order valence-corrected chi connectivity index (χ1v) is 15.2. The summed E-state index contributed by atoms with van der Waals surface area (Å²) in [6.07, 6.45) is 10.9.